The van der Waals surface area contributed by atoms with E-state index in [4.69, 9.17) is 16.3 Å². The molecule has 0 aliphatic carbocycles. The van der Waals surface area contributed by atoms with E-state index in [2.05, 4.69) is 80.9 Å². The summed E-state index contributed by atoms with van der Waals surface area (Å²) in [6.45, 7) is 10.5. The van der Waals surface area contributed by atoms with Gasteiger partial charge in [0.15, 0.2) is 5.69 Å². The van der Waals surface area contributed by atoms with E-state index < -0.39 is 0 Å². The maximum absolute atomic E-state index is 7.71. The lowest BCUT2D eigenvalue weighted by Crippen LogP contribution is -2.23. The van der Waals surface area contributed by atoms with Crippen molar-refractivity contribution >= 4 is 44.6 Å². The fraction of sp³-hybridized carbons (Fsp3) is 0.0909. The van der Waals surface area contributed by atoms with Crippen molar-refractivity contribution in [1.82, 2.24) is 9.55 Å². The number of fused-ring (bicyclic) bond motifs is 4. The Hall–Kier alpha value is -5.28. The number of aromatic nitrogens is 2. The van der Waals surface area contributed by atoms with E-state index in [1.54, 1.807) is 6.07 Å². The van der Waals surface area contributed by atoms with Gasteiger partial charge in [0.05, 0.1) is 35.6 Å². The highest BCUT2D eigenvalue weighted by molar-refractivity contribution is 6.09. The highest BCUT2D eigenvalue weighted by Gasteiger charge is 2.24. The summed E-state index contributed by atoms with van der Waals surface area (Å²) in [6.07, 6.45) is 1.89. The molecule has 0 spiro atoms. The third-order valence-electron chi connectivity index (χ3n) is 7.26. The fourth-order valence-electron chi connectivity index (χ4n) is 5.44. The van der Waals surface area contributed by atoms with Crippen LogP contribution in [0.1, 0.15) is 5.56 Å². The molecule has 0 amide bonds. The smallest absolute Gasteiger partial charge is 0.192 e. The monoisotopic (exact) mass is 507 g/mol. The molecule has 188 valence electrons. The van der Waals surface area contributed by atoms with E-state index in [0.29, 0.717) is 23.9 Å². The Morgan fingerprint density at radius 1 is 0.795 bits per heavy atom. The number of pyridine rings is 1. The Kier molecular flexibility index (Phi) is 5.24. The first-order chi connectivity index (χ1) is 19.1. The normalized spacial score (nSPS) is 12.6. The quantitative estimate of drug-likeness (QED) is 0.225. The van der Waals surface area contributed by atoms with Gasteiger partial charge in [0.1, 0.15) is 17.3 Å². The number of aryl methyl sites for hydroxylation is 1. The number of benzene rings is 4. The molecule has 1 aliphatic rings. The van der Waals surface area contributed by atoms with E-state index >= 15 is 0 Å². The maximum atomic E-state index is 7.71. The molecule has 0 bridgehead atoms. The molecule has 6 aromatic rings. The number of para-hydroxylation sites is 3. The van der Waals surface area contributed by atoms with Crippen molar-refractivity contribution in [2.24, 2.45) is 0 Å². The molecule has 7 rings (SSSR count). The van der Waals surface area contributed by atoms with Crippen LogP contribution in [0.5, 0.6) is 11.5 Å². The second-order valence-electron chi connectivity index (χ2n) is 9.88. The minimum Gasteiger partial charge on any atom is -0.459 e. The third kappa shape index (κ3) is 3.84. The Labute approximate surface area is 226 Å². The van der Waals surface area contributed by atoms with Gasteiger partial charge in [-0.15, -0.1) is 0 Å². The molecule has 0 fully saturated rings. The molecule has 1 aliphatic heterocycles. The zero-order chi connectivity index (χ0) is 26.5. The first-order valence-corrected chi connectivity index (χ1v) is 12.8. The van der Waals surface area contributed by atoms with E-state index in [0.717, 1.165) is 50.2 Å². The molecule has 0 atom stereocenters. The average Bonchev–Trinajstić information content (AvgIpc) is 3.48. The van der Waals surface area contributed by atoms with Crippen LogP contribution in [0.25, 0.3) is 32.5 Å². The molecule has 3 heterocycles. The number of anilines is 3. The van der Waals surface area contributed by atoms with Crippen LogP contribution in [0.2, 0.25) is 0 Å². The molecule has 2 aromatic heterocycles. The molecule has 39 heavy (non-hydrogen) atoms. The topological polar surface area (TPSA) is 37.9 Å². The highest BCUT2D eigenvalue weighted by Crippen LogP contribution is 2.43. The van der Waals surface area contributed by atoms with Gasteiger partial charge in [-0.05, 0) is 61.0 Å². The van der Waals surface area contributed by atoms with Gasteiger partial charge in [0.25, 0.3) is 0 Å². The second kappa shape index (κ2) is 8.93. The predicted molar refractivity (Wildman–Crippen MR) is 158 cm³/mol. The van der Waals surface area contributed by atoms with Crippen molar-refractivity contribution in [3.05, 3.63) is 120 Å². The third-order valence-corrected chi connectivity index (χ3v) is 7.26. The fourth-order valence-corrected chi connectivity index (χ4v) is 5.44. The van der Waals surface area contributed by atoms with Gasteiger partial charge in [-0.1, -0.05) is 36.4 Å². The van der Waals surface area contributed by atoms with Crippen LogP contribution in [0.15, 0.2) is 103 Å². The van der Waals surface area contributed by atoms with E-state index in [1.807, 2.05) is 49.5 Å². The van der Waals surface area contributed by atoms with Gasteiger partial charge >= 0.3 is 0 Å². The number of nitrogens with zero attached hydrogens (tertiary/aromatic N) is 5. The van der Waals surface area contributed by atoms with Crippen molar-refractivity contribution in [2.45, 2.75) is 6.92 Å². The summed E-state index contributed by atoms with van der Waals surface area (Å²) in [6, 6.07) is 32.7. The molecule has 6 nitrogen and oxygen atoms in total. The Morgan fingerprint density at radius 2 is 1.59 bits per heavy atom. The molecular weight excluding hydrogens is 482 g/mol. The standard InChI is InChI=1S/C33H25N5O/c1-22-12-15-33(35-20-22)38-29-9-5-4-8-27(29)28-14-13-25(19-32(28)38)39-26-17-23(34-2)16-24(18-26)37-21-36(3)30-10-6-7-11-31(30)37/h4-20H,21H2,1,3H3. The first-order valence-electron chi connectivity index (χ1n) is 12.8. The van der Waals surface area contributed by atoms with Crippen molar-refractivity contribution in [2.75, 3.05) is 23.5 Å². The van der Waals surface area contributed by atoms with Crippen LogP contribution >= 0.6 is 0 Å². The highest BCUT2D eigenvalue weighted by atomic mass is 16.5. The Bertz CT molecular complexity index is 1920. The number of rotatable bonds is 4. The zero-order valence-corrected chi connectivity index (χ0v) is 21.7. The van der Waals surface area contributed by atoms with Crippen molar-refractivity contribution in [3.63, 3.8) is 0 Å². The second-order valence-corrected chi connectivity index (χ2v) is 9.88. The van der Waals surface area contributed by atoms with Crippen molar-refractivity contribution in [1.29, 1.82) is 0 Å². The first kappa shape index (κ1) is 22.9. The number of hydrogen-bond acceptors (Lipinski definition) is 4. The summed E-state index contributed by atoms with van der Waals surface area (Å²) < 4.78 is 8.61. The Balaban J connectivity index is 1.32. The predicted octanol–water partition coefficient (Wildman–Crippen LogP) is 8.38. The molecule has 0 N–H and O–H groups in total. The van der Waals surface area contributed by atoms with Crippen LogP contribution < -0.4 is 14.5 Å². The minimum atomic E-state index is 0.536. The molecule has 6 heteroatoms. The van der Waals surface area contributed by atoms with Gasteiger partial charge < -0.3 is 14.5 Å². The van der Waals surface area contributed by atoms with Crippen LogP contribution in [0, 0.1) is 13.5 Å². The summed E-state index contributed by atoms with van der Waals surface area (Å²) in [5, 5.41) is 2.29. The van der Waals surface area contributed by atoms with Crippen LogP contribution in [-0.2, 0) is 0 Å². The number of ether oxygens (including phenoxy) is 1. The van der Waals surface area contributed by atoms with Gasteiger partial charge in [0.2, 0.25) is 0 Å². The summed E-state index contributed by atoms with van der Waals surface area (Å²) in [5.41, 5.74) is 6.96. The lowest BCUT2D eigenvalue weighted by Gasteiger charge is -2.21. The Morgan fingerprint density at radius 3 is 2.41 bits per heavy atom. The van der Waals surface area contributed by atoms with Gasteiger partial charge in [0, 0.05) is 41.8 Å². The van der Waals surface area contributed by atoms with Crippen LogP contribution in [-0.4, -0.2) is 23.3 Å². The minimum absolute atomic E-state index is 0.536. The molecule has 0 unspecified atom stereocenters. The molecule has 4 aromatic carbocycles. The van der Waals surface area contributed by atoms with Crippen molar-refractivity contribution in [3.8, 4) is 17.3 Å². The van der Waals surface area contributed by atoms with Crippen LogP contribution in [0.3, 0.4) is 0 Å². The number of hydrogen-bond donors (Lipinski definition) is 0. The molecular formula is C33H25N5O. The summed E-state index contributed by atoms with van der Waals surface area (Å²) >= 11 is 0. The lowest BCUT2D eigenvalue weighted by atomic mass is 10.1. The summed E-state index contributed by atoms with van der Waals surface area (Å²) in [7, 11) is 2.08. The summed E-state index contributed by atoms with van der Waals surface area (Å²) in [5.74, 6) is 2.18. The summed E-state index contributed by atoms with van der Waals surface area (Å²) in [4.78, 5) is 12.9. The van der Waals surface area contributed by atoms with Crippen molar-refractivity contribution < 1.29 is 4.74 Å². The molecule has 0 saturated carbocycles. The molecule has 0 saturated heterocycles. The maximum Gasteiger partial charge on any atom is 0.192 e. The van der Waals surface area contributed by atoms with Gasteiger partial charge in [-0.25, -0.2) is 9.83 Å². The average molecular weight is 508 g/mol. The SMILES string of the molecule is [C-]#[N+]c1cc(Oc2ccc3c4ccccc4n(-c4ccc(C)cn4)c3c2)cc(N2CN(C)c3ccccc32)c1. The largest absolute Gasteiger partial charge is 0.459 e. The van der Waals surface area contributed by atoms with Gasteiger partial charge in [-0.3, -0.25) is 4.57 Å². The lowest BCUT2D eigenvalue weighted by molar-refractivity contribution is 0.483. The molecule has 0 radical (unpaired) electrons. The van der Waals surface area contributed by atoms with E-state index in [1.165, 1.54) is 0 Å². The van der Waals surface area contributed by atoms with E-state index in [9.17, 15) is 0 Å². The van der Waals surface area contributed by atoms with Gasteiger partial charge in [-0.2, -0.15) is 0 Å². The zero-order valence-electron chi connectivity index (χ0n) is 21.7. The van der Waals surface area contributed by atoms with Crippen LogP contribution in [0.4, 0.5) is 22.7 Å². The van der Waals surface area contributed by atoms with E-state index in [-0.39, 0.29) is 0 Å².